The zero-order valence-electron chi connectivity index (χ0n) is 14.8. The molecule has 1 heterocycles. The molecule has 0 aliphatic heterocycles. The molecule has 0 spiro atoms. The Morgan fingerprint density at radius 1 is 0.714 bits per heavy atom. The molecule has 4 rings (SSSR count). The topological polar surface area (TPSA) is 59.1 Å². The van der Waals surface area contributed by atoms with Crippen molar-refractivity contribution in [1.29, 1.82) is 0 Å². The first kappa shape index (κ1) is 17.8. The van der Waals surface area contributed by atoms with Crippen LogP contribution in [0.25, 0.3) is 10.6 Å². The largest absolute Gasteiger partial charge is 0.305 e. The van der Waals surface area contributed by atoms with E-state index >= 15 is 0 Å². The molecule has 0 saturated heterocycles. The summed E-state index contributed by atoms with van der Waals surface area (Å²) in [6.07, 6.45) is 0. The molecule has 1 N–H and O–H groups in total. The van der Waals surface area contributed by atoms with Gasteiger partial charge in [-0.25, -0.2) is 4.98 Å². The second kappa shape index (κ2) is 7.98. The zero-order chi connectivity index (χ0) is 19.3. The van der Waals surface area contributed by atoms with E-state index < -0.39 is 0 Å². The highest BCUT2D eigenvalue weighted by Gasteiger charge is 2.22. The van der Waals surface area contributed by atoms with Gasteiger partial charge in [0, 0.05) is 16.7 Å². The maximum Gasteiger partial charge on any atom is 0.256 e. The van der Waals surface area contributed by atoms with Crippen LogP contribution in [0.4, 0.5) is 5.82 Å². The molecule has 3 aromatic carbocycles. The van der Waals surface area contributed by atoms with Gasteiger partial charge in [-0.05, 0) is 12.1 Å². The van der Waals surface area contributed by atoms with E-state index in [1.165, 1.54) is 11.3 Å². The average Bonchev–Trinajstić information content (AvgIpc) is 3.19. The summed E-state index contributed by atoms with van der Waals surface area (Å²) < 4.78 is 0. The SMILES string of the molecule is O=C(Nc1nc(-c2ccccc2)sc1C(=O)c1ccccc1)c1ccccc1. The van der Waals surface area contributed by atoms with Crippen molar-refractivity contribution in [2.24, 2.45) is 0 Å². The Balaban J connectivity index is 1.74. The van der Waals surface area contributed by atoms with Crippen LogP contribution in [0, 0.1) is 0 Å². The molecule has 0 aliphatic rings. The lowest BCUT2D eigenvalue weighted by Gasteiger charge is -2.05. The summed E-state index contributed by atoms with van der Waals surface area (Å²) in [6.45, 7) is 0. The summed E-state index contributed by atoms with van der Waals surface area (Å²) in [5, 5.41) is 3.49. The summed E-state index contributed by atoms with van der Waals surface area (Å²) in [4.78, 5) is 30.6. The summed E-state index contributed by atoms with van der Waals surface area (Å²) in [5.41, 5.74) is 1.96. The number of carbonyl (C=O) groups excluding carboxylic acids is 2. The Bertz CT molecular complexity index is 1110. The molecule has 4 aromatic rings. The van der Waals surface area contributed by atoms with Gasteiger partial charge in [-0.15, -0.1) is 11.3 Å². The minimum Gasteiger partial charge on any atom is -0.305 e. The molecule has 28 heavy (non-hydrogen) atoms. The third kappa shape index (κ3) is 3.75. The van der Waals surface area contributed by atoms with Crippen molar-refractivity contribution in [1.82, 2.24) is 4.98 Å². The lowest BCUT2D eigenvalue weighted by atomic mass is 10.1. The molecule has 0 fully saturated rings. The van der Waals surface area contributed by atoms with Gasteiger partial charge in [-0.3, -0.25) is 9.59 Å². The van der Waals surface area contributed by atoms with E-state index in [9.17, 15) is 9.59 Å². The summed E-state index contributed by atoms with van der Waals surface area (Å²) in [5.74, 6) is -0.178. The van der Waals surface area contributed by atoms with E-state index in [0.29, 0.717) is 21.0 Å². The molecule has 1 amide bonds. The predicted molar refractivity (Wildman–Crippen MR) is 112 cm³/mol. The number of benzene rings is 3. The number of rotatable bonds is 5. The average molecular weight is 384 g/mol. The van der Waals surface area contributed by atoms with Crippen LogP contribution in [-0.2, 0) is 0 Å². The molecule has 136 valence electrons. The highest BCUT2D eigenvalue weighted by atomic mass is 32.1. The molecular formula is C23H16N2O2S. The molecular weight excluding hydrogens is 368 g/mol. The molecule has 0 radical (unpaired) electrons. The van der Waals surface area contributed by atoms with Gasteiger partial charge in [0.1, 0.15) is 9.88 Å². The van der Waals surface area contributed by atoms with Crippen LogP contribution in [0.3, 0.4) is 0 Å². The first-order chi connectivity index (χ1) is 13.7. The van der Waals surface area contributed by atoms with Crippen LogP contribution in [0.5, 0.6) is 0 Å². The van der Waals surface area contributed by atoms with Crippen LogP contribution in [0.15, 0.2) is 91.0 Å². The Morgan fingerprint density at radius 2 is 1.25 bits per heavy atom. The van der Waals surface area contributed by atoms with Crippen LogP contribution in [0.2, 0.25) is 0 Å². The van der Waals surface area contributed by atoms with E-state index in [1.807, 2.05) is 54.6 Å². The Labute approximate surface area is 166 Å². The number of aromatic nitrogens is 1. The summed E-state index contributed by atoms with van der Waals surface area (Å²) >= 11 is 1.28. The number of carbonyl (C=O) groups is 2. The molecule has 0 atom stereocenters. The highest BCUT2D eigenvalue weighted by molar-refractivity contribution is 7.17. The van der Waals surface area contributed by atoms with Crippen molar-refractivity contribution in [2.45, 2.75) is 0 Å². The zero-order valence-corrected chi connectivity index (χ0v) is 15.6. The van der Waals surface area contributed by atoms with E-state index in [1.54, 1.807) is 36.4 Å². The number of thiazole rings is 1. The maximum absolute atomic E-state index is 13.0. The molecule has 5 heteroatoms. The number of amides is 1. The first-order valence-electron chi connectivity index (χ1n) is 8.75. The fraction of sp³-hybridized carbons (Fsp3) is 0. The van der Waals surface area contributed by atoms with Crippen molar-refractivity contribution in [3.63, 3.8) is 0 Å². The quantitative estimate of drug-likeness (QED) is 0.475. The monoisotopic (exact) mass is 384 g/mol. The van der Waals surface area contributed by atoms with Gasteiger partial charge in [0.2, 0.25) is 5.78 Å². The molecule has 1 aromatic heterocycles. The fourth-order valence-electron chi connectivity index (χ4n) is 2.75. The lowest BCUT2D eigenvalue weighted by Crippen LogP contribution is -2.14. The van der Waals surface area contributed by atoms with Gasteiger partial charge in [-0.2, -0.15) is 0 Å². The second-order valence-electron chi connectivity index (χ2n) is 6.08. The number of ketones is 1. The molecule has 0 unspecified atom stereocenters. The third-order valence-corrected chi connectivity index (χ3v) is 5.26. The van der Waals surface area contributed by atoms with Gasteiger partial charge < -0.3 is 5.32 Å². The molecule has 0 saturated carbocycles. The maximum atomic E-state index is 13.0. The summed E-state index contributed by atoms with van der Waals surface area (Å²) in [6, 6.07) is 27.5. The number of hydrogen-bond donors (Lipinski definition) is 1. The second-order valence-corrected chi connectivity index (χ2v) is 7.08. The van der Waals surface area contributed by atoms with Crippen LogP contribution < -0.4 is 5.32 Å². The smallest absolute Gasteiger partial charge is 0.256 e. The van der Waals surface area contributed by atoms with Crippen LogP contribution >= 0.6 is 11.3 Å². The molecule has 4 nitrogen and oxygen atoms in total. The Morgan fingerprint density at radius 3 is 1.86 bits per heavy atom. The minimum absolute atomic E-state index is 0.163. The van der Waals surface area contributed by atoms with Crippen LogP contribution in [-0.4, -0.2) is 16.7 Å². The van der Waals surface area contributed by atoms with Crippen molar-refractivity contribution in [2.75, 3.05) is 5.32 Å². The standard InChI is InChI=1S/C23H16N2O2S/c26-19(16-10-4-1-5-11-16)20-21(24-22(27)17-12-6-2-7-13-17)25-23(28-20)18-14-8-3-9-15-18/h1-15H,(H,24,27). The number of anilines is 1. The summed E-state index contributed by atoms with van der Waals surface area (Å²) in [7, 11) is 0. The fourth-order valence-corrected chi connectivity index (χ4v) is 3.74. The van der Waals surface area contributed by atoms with Crippen LogP contribution in [0.1, 0.15) is 25.6 Å². The van der Waals surface area contributed by atoms with E-state index in [-0.39, 0.29) is 17.5 Å². The van der Waals surface area contributed by atoms with Crippen molar-refractivity contribution in [3.05, 3.63) is 107 Å². The minimum atomic E-state index is -0.298. The highest BCUT2D eigenvalue weighted by Crippen LogP contribution is 2.33. The number of nitrogens with one attached hydrogen (secondary N) is 1. The van der Waals surface area contributed by atoms with Gasteiger partial charge in [0.05, 0.1) is 0 Å². The Kier molecular flexibility index (Phi) is 5.08. The van der Waals surface area contributed by atoms with Gasteiger partial charge in [-0.1, -0.05) is 78.9 Å². The van der Waals surface area contributed by atoms with Gasteiger partial charge in [0.15, 0.2) is 5.82 Å². The van der Waals surface area contributed by atoms with Gasteiger partial charge in [0.25, 0.3) is 5.91 Å². The Hall–Kier alpha value is -3.57. The van der Waals surface area contributed by atoms with E-state index in [4.69, 9.17) is 0 Å². The van der Waals surface area contributed by atoms with E-state index in [2.05, 4.69) is 10.3 Å². The van der Waals surface area contributed by atoms with Crippen molar-refractivity contribution < 1.29 is 9.59 Å². The normalized spacial score (nSPS) is 10.4. The van der Waals surface area contributed by atoms with Crippen molar-refractivity contribution in [3.8, 4) is 10.6 Å². The lowest BCUT2D eigenvalue weighted by molar-refractivity contribution is 0.102. The third-order valence-electron chi connectivity index (χ3n) is 4.16. The predicted octanol–water partition coefficient (Wildman–Crippen LogP) is 5.29. The molecule has 0 aliphatic carbocycles. The molecule has 0 bridgehead atoms. The number of nitrogens with zero attached hydrogens (tertiary/aromatic N) is 1. The first-order valence-corrected chi connectivity index (χ1v) is 9.56. The van der Waals surface area contributed by atoms with Gasteiger partial charge >= 0.3 is 0 Å². The number of hydrogen-bond acceptors (Lipinski definition) is 4. The van der Waals surface area contributed by atoms with Crippen molar-refractivity contribution >= 4 is 28.8 Å². The van der Waals surface area contributed by atoms with E-state index in [0.717, 1.165) is 5.56 Å².